The molecule has 1 nitrogen and oxygen atoms in total. The Kier molecular flexibility index (Phi) is 4.37. The Morgan fingerprint density at radius 1 is 1.35 bits per heavy atom. The first kappa shape index (κ1) is 12.8. The first-order valence-corrected chi connectivity index (χ1v) is 7.30. The number of aliphatic hydroxyl groups is 1. The smallest absolute Gasteiger partial charge is 0.0896 e. The van der Waals surface area contributed by atoms with Crippen molar-refractivity contribution in [3.05, 3.63) is 56.2 Å². The minimum absolute atomic E-state index is 0.370. The van der Waals surface area contributed by atoms with Gasteiger partial charge in [-0.1, -0.05) is 29.8 Å². The zero-order chi connectivity index (χ0) is 12.3. The standard InChI is InChI=1S/C14H15BrOS/c1-10-3-2-4-11(9-10)5-6-13(16)14-12(15)7-8-17-14/h2-4,7-9,13,16H,5-6H2,1H3. The van der Waals surface area contributed by atoms with Crippen LogP contribution in [-0.2, 0) is 6.42 Å². The van der Waals surface area contributed by atoms with Crippen LogP contribution in [0.5, 0.6) is 0 Å². The molecule has 1 aromatic carbocycles. The van der Waals surface area contributed by atoms with Crippen molar-refractivity contribution in [3.63, 3.8) is 0 Å². The van der Waals surface area contributed by atoms with E-state index in [0.717, 1.165) is 22.2 Å². The number of benzene rings is 1. The van der Waals surface area contributed by atoms with Gasteiger partial charge in [-0.2, -0.15) is 0 Å². The topological polar surface area (TPSA) is 20.2 Å². The average molecular weight is 311 g/mol. The summed E-state index contributed by atoms with van der Waals surface area (Å²) in [5, 5.41) is 12.1. The normalized spacial score (nSPS) is 12.6. The quantitative estimate of drug-likeness (QED) is 0.882. The zero-order valence-electron chi connectivity index (χ0n) is 9.69. The summed E-state index contributed by atoms with van der Waals surface area (Å²) in [6, 6.07) is 10.4. The van der Waals surface area contributed by atoms with Crippen LogP contribution in [-0.4, -0.2) is 5.11 Å². The third kappa shape index (κ3) is 3.41. The second kappa shape index (κ2) is 5.80. The van der Waals surface area contributed by atoms with Crippen molar-refractivity contribution < 1.29 is 5.11 Å². The van der Waals surface area contributed by atoms with Crippen molar-refractivity contribution in [3.8, 4) is 0 Å². The maximum atomic E-state index is 10.1. The molecule has 1 aromatic heterocycles. The minimum atomic E-state index is -0.370. The molecule has 0 saturated carbocycles. The van der Waals surface area contributed by atoms with Crippen molar-refractivity contribution in [2.75, 3.05) is 0 Å². The van der Waals surface area contributed by atoms with E-state index in [2.05, 4.69) is 47.1 Å². The minimum Gasteiger partial charge on any atom is -0.388 e. The molecular weight excluding hydrogens is 296 g/mol. The number of aliphatic hydroxyl groups excluding tert-OH is 1. The molecular formula is C14H15BrOS. The number of thiophene rings is 1. The highest BCUT2D eigenvalue weighted by atomic mass is 79.9. The molecule has 90 valence electrons. The summed E-state index contributed by atoms with van der Waals surface area (Å²) in [4.78, 5) is 1.03. The van der Waals surface area contributed by atoms with E-state index in [4.69, 9.17) is 0 Å². The van der Waals surface area contributed by atoms with Gasteiger partial charge in [0.05, 0.1) is 6.10 Å². The number of hydrogen-bond acceptors (Lipinski definition) is 2. The SMILES string of the molecule is Cc1cccc(CCC(O)c2sccc2Br)c1. The van der Waals surface area contributed by atoms with Crippen molar-refractivity contribution in [1.82, 2.24) is 0 Å². The van der Waals surface area contributed by atoms with Gasteiger partial charge in [0.15, 0.2) is 0 Å². The molecule has 0 radical (unpaired) electrons. The molecule has 1 heterocycles. The molecule has 1 N–H and O–H groups in total. The molecule has 1 atom stereocenters. The van der Waals surface area contributed by atoms with Crippen LogP contribution in [0.25, 0.3) is 0 Å². The van der Waals surface area contributed by atoms with E-state index in [1.54, 1.807) is 11.3 Å². The van der Waals surface area contributed by atoms with E-state index in [0.29, 0.717) is 0 Å². The van der Waals surface area contributed by atoms with Crippen LogP contribution in [0.4, 0.5) is 0 Å². The Labute approximate surface area is 114 Å². The number of rotatable bonds is 4. The van der Waals surface area contributed by atoms with Crippen LogP contribution in [0.15, 0.2) is 40.2 Å². The fourth-order valence-corrected chi connectivity index (χ4v) is 3.50. The summed E-state index contributed by atoms with van der Waals surface area (Å²) in [5.74, 6) is 0. The highest BCUT2D eigenvalue weighted by molar-refractivity contribution is 9.10. The summed E-state index contributed by atoms with van der Waals surface area (Å²) >= 11 is 5.05. The van der Waals surface area contributed by atoms with Gasteiger partial charge in [0.25, 0.3) is 0 Å². The van der Waals surface area contributed by atoms with Crippen molar-refractivity contribution in [1.29, 1.82) is 0 Å². The monoisotopic (exact) mass is 310 g/mol. The first-order chi connectivity index (χ1) is 8.16. The van der Waals surface area contributed by atoms with Crippen LogP contribution < -0.4 is 0 Å². The summed E-state index contributed by atoms with van der Waals surface area (Å²) in [5.41, 5.74) is 2.56. The van der Waals surface area contributed by atoms with Crippen LogP contribution in [0, 0.1) is 6.92 Å². The predicted molar refractivity (Wildman–Crippen MR) is 76.5 cm³/mol. The molecule has 0 fully saturated rings. The molecule has 0 bridgehead atoms. The zero-order valence-corrected chi connectivity index (χ0v) is 12.1. The van der Waals surface area contributed by atoms with Gasteiger partial charge in [-0.15, -0.1) is 11.3 Å². The lowest BCUT2D eigenvalue weighted by Gasteiger charge is -2.09. The van der Waals surface area contributed by atoms with E-state index in [9.17, 15) is 5.11 Å². The molecule has 2 aromatic rings. The maximum Gasteiger partial charge on any atom is 0.0896 e. The molecule has 1 unspecified atom stereocenters. The van der Waals surface area contributed by atoms with Crippen LogP contribution in [0.2, 0.25) is 0 Å². The Hall–Kier alpha value is -0.640. The Morgan fingerprint density at radius 3 is 2.82 bits per heavy atom. The van der Waals surface area contributed by atoms with Crippen LogP contribution in [0.1, 0.15) is 28.5 Å². The van der Waals surface area contributed by atoms with Gasteiger partial charge < -0.3 is 5.11 Å². The van der Waals surface area contributed by atoms with E-state index in [1.807, 2.05) is 11.4 Å². The Bertz CT molecular complexity index is 492. The first-order valence-electron chi connectivity index (χ1n) is 5.63. The van der Waals surface area contributed by atoms with Gasteiger partial charge in [0.2, 0.25) is 0 Å². The molecule has 0 spiro atoms. The molecule has 3 heteroatoms. The van der Waals surface area contributed by atoms with Crippen molar-refractivity contribution >= 4 is 27.3 Å². The third-order valence-electron chi connectivity index (χ3n) is 2.74. The van der Waals surface area contributed by atoms with Crippen molar-refractivity contribution in [2.45, 2.75) is 25.9 Å². The highest BCUT2D eigenvalue weighted by Gasteiger charge is 2.12. The summed E-state index contributed by atoms with van der Waals surface area (Å²) in [6.07, 6.45) is 1.31. The van der Waals surface area contributed by atoms with E-state index in [1.165, 1.54) is 11.1 Å². The second-order valence-electron chi connectivity index (χ2n) is 4.18. The fourth-order valence-electron chi connectivity index (χ4n) is 1.85. The van der Waals surface area contributed by atoms with Gasteiger partial charge in [0, 0.05) is 9.35 Å². The molecule has 0 saturated heterocycles. The molecule has 17 heavy (non-hydrogen) atoms. The van der Waals surface area contributed by atoms with Gasteiger partial charge >= 0.3 is 0 Å². The summed E-state index contributed by atoms with van der Waals surface area (Å²) < 4.78 is 1.01. The lowest BCUT2D eigenvalue weighted by molar-refractivity contribution is 0.171. The molecule has 0 amide bonds. The Morgan fingerprint density at radius 2 is 2.18 bits per heavy atom. The second-order valence-corrected chi connectivity index (χ2v) is 5.98. The van der Waals surface area contributed by atoms with E-state index < -0.39 is 0 Å². The van der Waals surface area contributed by atoms with E-state index in [-0.39, 0.29) is 6.10 Å². The van der Waals surface area contributed by atoms with Gasteiger partial charge in [-0.25, -0.2) is 0 Å². The van der Waals surface area contributed by atoms with Gasteiger partial charge in [-0.05, 0) is 52.7 Å². The molecule has 0 aliphatic rings. The lowest BCUT2D eigenvalue weighted by atomic mass is 10.0. The summed E-state index contributed by atoms with van der Waals surface area (Å²) in [7, 11) is 0. The van der Waals surface area contributed by atoms with E-state index >= 15 is 0 Å². The molecule has 0 aliphatic heterocycles. The number of hydrogen-bond donors (Lipinski definition) is 1. The molecule has 2 rings (SSSR count). The third-order valence-corrected chi connectivity index (χ3v) is 4.71. The average Bonchev–Trinajstić information content (AvgIpc) is 2.72. The fraction of sp³-hybridized carbons (Fsp3) is 0.286. The maximum absolute atomic E-state index is 10.1. The summed E-state index contributed by atoms with van der Waals surface area (Å²) in [6.45, 7) is 2.09. The van der Waals surface area contributed by atoms with Gasteiger partial charge in [-0.3, -0.25) is 0 Å². The van der Waals surface area contributed by atoms with Crippen LogP contribution >= 0.6 is 27.3 Å². The predicted octanol–water partition coefficient (Wildman–Crippen LogP) is 4.49. The van der Waals surface area contributed by atoms with Crippen LogP contribution in [0.3, 0.4) is 0 Å². The highest BCUT2D eigenvalue weighted by Crippen LogP contribution is 2.31. The van der Waals surface area contributed by atoms with Gasteiger partial charge in [0.1, 0.15) is 0 Å². The van der Waals surface area contributed by atoms with Crippen molar-refractivity contribution in [2.24, 2.45) is 0 Å². The Balaban J connectivity index is 1.97. The number of halogens is 1. The molecule has 0 aliphatic carbocycles. The largest absolute Gasteiger partial charge is 0.388 e. The number of aryl methyl sites for hydroxylation is 2. The lowest BCUT2D eigenvalue weighted by Crippen LogP contribution is -1.98.